The number of ether oxygens (including phenoxy) is 6. The summed E-state index contributed by atoms with van der Waals surface area (Å²) < 4.78 is 64.7. The quantitative estimate of drug-likeness (QED) is 0.169. The molecule has 2 unspecified atom stereocenters. The Kier molecular flexibility index (Phi) is 14.8. The van der Waals surface area contributed by atoms with Gasteiger partial charge in [0.1, 0.15) is 12.4 Å². The van der Waals surface area contributed by atoms with Crippen LogP contribution in [0.2, 0.25) is 0 Å². The maximum atomic E-state index is 14.7. The van der Waals surface area contributed by atoms with Gasteiger partial charge >= 0.3 is 0 Å². The monoisotopic (exact) mass is 765 g/mol. The van der Waals surface area contributed by atoms with Crippen LogP contribution >= 0.6 is 0 Å². The lowest BCUT2D eigenvalue weighted by molar-refractivity contribution is -0.0138. The van der Waals surface area contributed by atoms with Crippen LogP contribution in [0, 0.1) is 12.8 Å². The highest BCUT2D eigenvalue weighted by molar-refractivity contribution is 7.91. The van der Waals surface area contributed by atoms with Gasteiger partial charge in [0.25, 0.3) is 0 Å². The number of hydrogen-bond acceptors (Lipinski definition) is 11. The Morgan fingerprint density at radius 1 is 0.926 bits per heavy atom. The predicted octanol–water partition coefficient (Wildman–Crippen LogP) is 5.37. The summed E-state index contributed by atoms with van der Waals surface area (Å²) in [5, 5.41) is 3.74. The topological polar surface area (TPSA) is 108 Å². The van der Waals surface area contributed by atoms with Crippen LogP contribution in [0.15, 0.2) is 71.6 Å². The van der Waals surface area contributed by atoms with Crippen LogP contribution in [-0.2, 0) is 40.1 Å². The first-order chi connectivity index (χ1) is 26.2. The Morgan fingerprint density at radius 3 is 2.44 bits per heavy atom. The lowest BCUT2D eigenvalue weighted by atomic mass is 9.83. The van der Waals surface area contributed by atoms with Gasteiger partial charge in [0, 0.05) is 71.4 Å². The summed E-state index contributed by atoms with van der Waals surface area (Å²) in [6, 6.07) is 21.5. The van der Waals surface area contributed by atoms with Gasteiger partial charge < -0.3 is 38.6 Å². The van der Waals surface area contributed by atoms with E-state index in [-0.39, 0.29) is 16.9 Å². The molecule has 1 N–H and O–H groups in total. The Bertz CT molecular complexity index is 1700. The largest absolute Gasteiger partial charge is 0.490 e. The zero-order chi connectivity index (χ0) is 37.9. The van der Waals surface area contributed by atoms with Gasteiger partial charge in [-0.3, -0.25) is 4.90 Å². The van der Waals surface area contributed by atoms with E-state index in [2.05, 4.69) is 46.3 Å². The first kappa shape index (κ1) is 40.6. The molecule has 0 spiro atoms. The number of methoxy groups -OCH3 is 2. The van der Waals surface area contributed by atoms with Crippen molar-refractivity contribution in [2.75, 3.05) is 98.0 Å². The molecular weight excluding hydrogens is 707 g/mol. The molecular formula is C42H59N3O8S. The molecule has 3 aliphatic heterocycles. The number of sulfone groups is 1. The highest BCUT2D eigenvalue weighted by atomic mass is 32.2. The van der Waals surface area contributed by atoms with Crippen LogP contribution in [0.1, 0.15) is 53.4 Å². The number of rotatable bonds is 18. The first-order valence-corrected chi connectivity index (χ1v) is 21.0. The van der Waals surface area contributed by atoms with Crippen molar-refractivity contribution in [1.82, 2.24) is 10.2 Å². The molecule has 11 nitrogen and oxygen atoms in total. The second-order valence-electron chi connectivity index (χ2n) is 15.0. The van der Waals surface area contributed by atoms with Gasteiger partial charge in [-0.05, 0) is 60.7 Å². The van der Waals surface area contributed by atoms with Gasteiger partial charge in [-0.25, -0.2) is 8.42 Å². The van der Waals surface area contributed by atoms with Crippen molar-refractivity contribution in [2.24, 2.45) is 5.92 Å². The second kappa shape index (κ2) is 19.7. The van der Waals surface area contributed by atoms with Crippen LogP contribution in [0.3, 0.4) is 0 Å². The van der Waals surface area contributed by atoms with E-state index in [1.54, 1.807) is 26.4 Å². The summed E-state index contributed by atoms with van der Waals surface area (Å²) in [7, 11) is -0.570. The normalized spacial score (nSPS) is 22.0. The first-order valence-electron chi connectivity index (χ1n) is 19.4. The van der Waals surface area contributed by atoms with E-state index in [1.807, 2.05) is 37.3 Å². The molecule has 3 aromatic rings. The summed E-state index contributed by atoms with van der Waals surface area (Å²) in [4.78, 5) is 4.93. The molecule has 2 fully saturated rings. The minimum absolute atomic E-state index is 0.0452. The molecule has 3 heterocycles. The number of anilines is 1. The van der Waals surface area contributed by atoms with Gasteiger partial charge in [-0.1, -0.05) is 55.0 Å². The van der Waals surface area contributed by atoms with Crippen LogP contribution < -0.4 is 15.0 Å². The van der Waals surface area contributed by atoms with Gasteiger partial charge in [0.15, 0.2) is 5.44 Å². The van der Waals surface area contributed by atoms with Crippen molar-refractivity contribution in [3.63, 3.8) is 0 Å². The third-order valence-electron chi connectivity index (χ3n) is 10.6. The average Bonchev–Trinajstić information content (AvgIpc) is 3.18. The standard InChI is InChI=1S/C42H59N3O8S/c1-31-6-13-37(14-7-31)54(46,47)42(35-12-15-40-39(24-35)45(19-23-52-40)16-5-20-48-3)53-41-26-43-36(27-44-17-21-50-22-18-44)25-38(41)34-10-8-33(9-11-34)30-51-29-32(2)28-49-4/h6-15,24,32,36,38,41-43H,5,16-23,25-30H2,1-4H3/t32?,36-,38-,41+,42?/m1/s1. The lowest BCUT2D eigenvalue weighted by Crippen LogP contribution is -2.53. The lowest BCUT2D eigenvalue weighted by Gasteiger charge is -2.41. The number of hydrogen-bond donors (Lipinski definition) is 1. The zero-order valence-electron chi connectivity index (χ0n) is 32.4. The number of morpholine rings is 1. The fraction of sp³-hybridized carbons (Fsp3) is 0.571. The van der Waals surface area contributed by atoms with Crippen molar-refractivity contribution in [1.29, 1.82) is 0 Å². The molecule has 0 bridgehead atoms. The minimum atomic E-state index is -3.98. The summed E-state index contributed by atoms with van der Waals surface area (Å²) in [6.07, 6.45) is 1.23. The number of nitrogens with zero attached hydrogens (tertiary/aromatic N) is 2. The van der Waals surface area contributed by atoms with E-state index < -0.39 is 21.4 Å². The summed E-state index contributed by atoms with van der Waals surface area (Å²) in [5.74, 6) is 1.02. The summed E-state index contributed by atoms with van der Waals surface area (Å²) >= 11 is 0. The van der Waals surface area contributed by atoms with Crippen molar-refractivity contribution < 1.29 is 36.8 Å². The molecule has 296 valence electrons. The van der Waals surface area contributed by atoms with Crippen molar-refractivity contribution in [3.05, 3.63) is 89.0 Å². The van der Waals surface area contributed by atoms with Gasteiger partial charge in [-0.2, -0.15) is 0 Å². The second-order valence-corrected chi connectivity index (χ2v) is 16.9. The fourth-order valence-electron chi connectivity index (χ4n) is 7.68. The molecule has 3 aromatic carbocycles. The van der Waals surface area contributed by atoms with E-state index >= 15 is 0 Å². The maximum absolute atomic E-state index is 14.7. The van der Waals surface area contributed by atoms with Gasteiger partial charge in [-0.15, -0.1) is 0 Å². The Balaban J connectivity index is 1.30. The molecule has 0 aromatic heterocycles. The van der Waals surface area contributed by atoms with E-state index in [1.165, 1.54) is 0 Å². The third kappa shape index (κ3) is 10.6. The number of piperidine rings is 1. The van der Waals surface area contributed by atoms with Crippen LogP contribution in [0.4, 0.5) is 5.69 Å². The van der Waals surface area contributed by atoms with Gasteiger partial charge in [0.2, 0.25) is 9.84 Å². The van der Waals surface area contributed by atoms with Crippen LogP contribution in [-0.4, -0.2) is 119 Å². The number of fused-ring (bicyclic) bond motifs is 1. The van der Waals surface area contributed by atoms with Crippen LogP contribution in [0.25, 0.3) is 0 Å². The number of benzene rings is 3. The molecule has 54 heavy (non-hydrogen) atoms. The minimum Gasteiger partial charge on any atom is -0.490 e. The highest BCUT2D eigenvalue weighted by Crippen LogP contribution is 2.41. The number of aryl methyl sites for hydroxylation is 1. The third-order valence-corrected chi connectivity index (χ3v) is 12.5. The van der Waals surface area contributed by atoms with E-state index in [0.717, 1.165) is 80.4 Å². The Hall–Kier alpha value is -3.07. The molecule has 2 saturated heterocycles. The fourth-order valence-corrected chi connectivity index (χ4v) is 9.23. The maximum Gasteiger partial charge on any atom is 0.209 e. The van der Waals surface area contributed by atoms with Gasteiger partial charge in [0.05, 0.1) is 56.3 Å². The van der Waals surface area contributed by atoms with Crippen molar-refractivity contribution in [3.8, 4) is 5.75 Å². The smallest absolute Gasteiger partial charge is 0.209 e. The Morgan fingerprint density at radius 2 is 1.70 bits per heavy atom. The van der Waals surface area contributed by atoms with Crippen molar-refractivity contribution >= 4 is 15.5 Å². The summed E-state index contributed by atoms with van der Waals surface area (Å²) in [6.45, 7) is 13.3. The van der Waals surface area contributed by atoms with Crippen molar-refractivity contribution in [2.45, 2.75) is 61.7 Å². The molecule has 12 heteroatoms. The average molecular weight is 766 g/mol. The molecule has 0 saturated carbocycles. The van der Waals surface area contributed by atoms with E-state index in [9.17, 15) is 8.42 Å². The highest BCUT2D eigenvalue weighted by Gasteiger charge is 2.39. The zero-order valence-corrected chi connectivity index (χ0v) is 33.2. The van der Waals surface area contributed by atoms with Crippen LogP contribution in [0.5, 0.6) is 5.75 Å². The number of nitrogens with one attached hydrogen (secondary N) is 1. The molecule has 3 aliphatic rings. The molecule has 5 atom stereocenters. The predicted molar refractivity (Wildman–Crippen MR) is 210 cm³/mol. The summed E-state index contributed by atoms with van der Waals surface area (Å²) in [5.41, 5.74) is 3.43. The SMILES string of the molecule is COCCCN1CCOc2ccc(C(O[C@H]3CN[C@@H](CN4CCOCC4)C[C@@H]3c3ccc(COCC(C)COC)cc3)S(=O)(=O)c3ccc(C)cc3)cc21. The molecule has 6 rings (SSSR count). The molecule has 0 aliphatic carbocycles. The molecule has 0 amide bonds. The molecule has 0 radical (unpaired) electrons. The van der Waals surface area contributed by atoms with E-state index in [0.29, 0.717) is 57.6 Å². The Labute approximate surface area is 322 Å². The van der Waals surface area contributed by atoms with E-state index in [4.69, 9.17) is 28.4 Å².